The molecule has 1 aromatic heterocycles. The largest absolute Gasteiger partial charge is 0.478 e. The molecule has 2 N–H and O–H groups in total. The van der Waals surface area contributed by atoms with Crippen molar-refractivity contribution in [2.45, 2.75) is 19.9 Å². The van der Waals surface area contributed by atoms with Crippen molar-refractivity contribution in [3.05, 3.63) is 110 Å². The van der Waals surface area contributed by atoms with Gasteiger partial charge in [0.1, 0.15) is 0 Å². The normalized spacial score (nSPS) is 10.8. The van der Waals surface area contributed by atoms with Crippen LogP contribution < -0.4 is 5.32 Å². The Morgan fingerprint density at radius 1 is 0.971 bits per heavy atom. The highest BCUT2D eigenvalue weighted by atomic mass is 35.5. The minimum absolute atomic E-state index is 0.203. The number of nitrogens with zero attached hydrogens (tertiary/aromatic N) is 3. The highest BCUT2D eigenvalue weighted by molar-refractivity contribution is 6.34. The van der Waals surface area contributed by atoms with E-state index in [1.807, 2.05) is 12.1 Å². The van der Waals surface area contributed by atoms with E-state index in [0.29, 0.717) is 40.0 Å². The number of amides is 1. The second-order valence-corrected chi connectivity index (χ2v) is 8.63. The molecule has 3 aromatic carbocycles. The minimum Gasteiger partial charge on any atom is -0.478 e. The van der Waals surface area contributed by atoms with Crippen LogP contribution in [-0.4, -0.2) is 32.0 Å². The Bertz CT molecular complexity index is 1360. The molecule has 0 spiro atoms. The molecule has 0 unspecified atom stereocenters. The molecular weight excluding hydrogens is 475 g/mol. The number of rotatable bonds is 7. The Morgan fingerprint density at radius 2 is 1.71 bits per heavy atom. The van der Waals surface area contributed by atoms with Crippen molar-refractivity contribution in [3.63, 3.8) is 0 Å². The van der Waals surface area contributed by atoms with E-state index in [4.69, 9.17) is 23.2 Å². The third-order valence-corrected chi connectivity index (χ3v) is 5.72. The summed E-state index contributed by atoms with van der Waals surface area (Å²) in [5.74, 6) is -1.37. The number of halogens is 2. The predicted molar refractivity (Wildman–Crippen MR) is 131 cm³/mol. The van der Waals surface area contributed by atoms with Gasteiger partial charge in [-0.3, -0.25) is 4.79 Å². The first-order valence-corrected chi connectivity index (χ1v) is 11.1. The van der Waals surface area contributed by atoms with Crippen LogP contribution in [-0.2, 0) is 13.0 Å². The lowest BCUT2D eigenvalue weighted by Gasteiger charge is -2.09. The van der Waals surface area contributed by atoms with Crippen molar-refractivity contribution >= 4 is 40.8 Å². The molecule has 1 heterocycles. The van der Waals surface area contributed by atoms with Gasteiger partial charge in [-0.1, -0.05) is 58.7 Å². The molecule has 4 rings (SSSR count). The van der Waals surface area contributed by atoms with E-state index in [-0.39, 0.29) is 11.3 Å². The van der Waals surface area contributed by atoms with E-state index in [1.54, 1.807) is 66.2 Å². The quantitative estimate of drug-likeness (QED) is 0.354. The zero-order valence-corrected chi connectivity index (χ0v) is 19.6. The van der Waals surface area contributed by atoms with Crippen LogP contribution in [0.2, 0.25) is 10.0 Å². The number of carboxylic acid groups (broad SMARTS) is 1. The summed E-state index contributed by atoms with van der Waals surface area (Å²) < 4.78 is 1.61. The molecule has 7 nitrogen and oxygen atoms in total. The second kappa shape index (κ2) is 10.1. The number of carboxylic acids is 1. The van der Waals surface area contributed by atoms with E-state index in [0.717, 1.165) is 11.1 Å². The highest BCUT2D eigenvalue weighted by Crippen LogP contribution is 2.21. The molecule has 1 amide bonds. The highest BCUT2D eigenvalue weighted by Gasteiger charge is 2.17. The molecule has 0 atom stereocenters. The van der Waals surface area contributed by atoms with Gasteiger partial charge in [0.25, 0.3) is 5.91 Å². The molecule has 4 aromatic rings. The standard InChI is InChI=1S/C25H20Cl2N4O3/c1-15-23(29-30-31(15)14-17-10-19(26)13-20(27)11-17)24(32)28-21-7-4-5-16(12-21)9-18-6-2-3-8-22(18)25(33)34/h2-8,10-13H,9,14H2,1H3,(H,28,32)(H,33,34). The molecule has 0 bridgehead atoms. The summed E-state index contributed by atoms with van der Waals surface area (Å²) in [6, 6.07) is 19.3. The lowest BCUT2D eigenvalue weighted by Crippen LogP contribution is -2.14. The minimum atomic E-state index is -0.973. The molecule has 0 saturated heterocycles. The van der Waals surface area contributed by atoms with Gasteiger partial charge < -0.3 is 10.4 Å². The number of nitrogens with one attached hydrogen (secondary N) is 1. The summed E-state index contributed by atoms with van der Waals surface area (Å²) in [7, 11) is 0. The van der Waals surface area contributed by atoms with E-state index < -0.39 is 11.9 Å². The Labute approximate surface area is 205 Å². The number of aromatic carboxylic acids is 1. The number of benzene rings is 3. The molecule has 172 valence electrons. The van der Waals surface area contributed by atoms with Crippen LogP contribution in [0.4, 0.5) is 5.69 Å². The fraction of sp³-hybridized carbons (Fsp3) is 0.120. The third kappa shape index (κ3) is 5.44. The maximum Gasteiger partial charge on any atom is 0.335 e. The molecular formula is C25H20Cl2N4O3. The van der Waals surface area contributed by atoms with Crippen LogP contribution in [0.1, 0.15) is 43.2 Å². The number of carbonyl (C=O) groups is 2. The summed E-state index contributed by atoms with van der Waals surface area (Å²) >= 11 is 12.1. The van der Waals surface area contributed by atoms with Crippen molar-refractivity contribution in [2.24, 2.45) is 0 Å². The topological polar surface area (TPSA) is 97.1 Å². The molecule has 0 aliphatic heterocycles. The van der Waals surface area contributed by atoms with E-state index in [9.17, 15) is 14.7 Å². The Kier molecular flexibility index (Phi) is 6.95. The third-order valence-electron chi connectivity index (χ3n) is 5.28. The number of aromatic nitrogens is 3. The van der Waals surface area contributed by atoms with Crippen molar-refractivity contribution in [1.82, 2.24) is 15.0 Å². The Morgan fingerprint density at radius 3 is 2.44 bits per heavy atom. The Balaban J connectivity index is 1.49. The average Bonchev–Trinajstić information content (AvgIpc) is 3.13. The second-order valence-electron chi connectivity index (χ2n) is 7.75. The maximum absolute atomic E-state index is 12.9. The molecule has 0 aliphatic carbocycles. The number of hydrogen-bond donors (Lipinski definition) is 2. The molecule has 0 aliphatic rings. The van der Waals surface area contributed by atoms with Crippen LogP contribution in [0.25, 0.3) is 0 Å². The molecule has 9 heteroatoms. The average molecular weight is 495 g/mol. The fourth-order valence-corrected chi connectivity index (χ4v) is 4.22. The number of hydrogen-bond acceptors (Lipinski definition) is 4. The van der Waals surface area contributed by atoms with Gasteiger partial charge in [-0.2, -0.15) is 0 Å². The van der Waals surface area contributed by atoms with Gasteiger partial charge in [0.05, 0.1) is 17.8 Å². The molecule has 34 heavy (non-hydrogen) atoms. The number of carbonyl (C=O) groups excluding carboxylic acids is 1. The smallest absolute Gasteiger partial charge is 0.335 e. The lowest BCUT2D eigenvalue weighted by molar-refractivity contribution is 0.0695. The summed E-state index contributed by atoms with van der Waals surface area (Å²) in [4.78, 5) is 24.4. The maximum atomic E-state index is 12.9. The summed E-state index contributed by atoms with van der Waals surface area (Å²) in [5.41, 5.74) is 4.03. The summed E-state index contributed by atoms with van der Waals surface area (Å²) in [5, 5.41) is 21.4. The van der Waals surface area contributed by atoms with E-state index >= 15 is 0 Å². The van der Waals surface area contributed by atoms with Crippen molar-refractivity contribution < 1.29 is 14.7 Å². The molecule has 0 saturated carbocycles. The molecule has 0 fully saturated rings. The van der Waals surface area contributed by atoms with Crippen LogP contribution in [0.15, 0.2) is 66.7 Å². The summed E-state index contributed by atoms with van der Waals surface area (Å²) in [6.07, 6.45) is 0.420. The van der Waals surface area contributed by atoms with Crippen LogP contribution in [0.5, 0.6) is 0 Å². The van der Waals surface area contributed by atoms with Gasteiger partial charge in [0.15, 0.2) is 5.69 Å². The van der Waals surface area contributed by atoms with E-state index in [2.05, 4.69) is 15.6 Å². The van der Waals surface area contributed by atoms with Crippen molar-refractivity contribution in [2.75, 3.05) is 5.32 Å². The Hall–Kier alpha value is -3.68. The van der Waals surface area contributed by atoms with Crippen LogP contribution >= 0.6 is 23.2 Å². The van der Waals surface area contributed by atoms with Crippen LogP contribution in [0.3, 0.4) is 0 Å². The first kappa shape index (κ1) is 23.5. The fourth-order valence-electron chi connectivity index (χ4n) is 3.65. The number of anilines is 1. The van der Waals surface area contributed by atoms with Gasteiger partial charge >= 0.3 is 5.97 Å². The zero-order chi connectivity index (χ0) is 24.2. The summed E-state index contributed by atoms with van der Waals surface area (Å²) in [6.45, 7) is 2.13. The van der Waals surface area contributed by atoms with Gasteiger partial charge in [-0.05, 0) is 66.4 Å². The monoisotopic (exact) mass is 494 g/mol. The SMILES string of the molecule is Cc1c(C(=O)Nc2cccc(Cc3ccccc3C(=O)O)c2)nnn1Cc1cc(Cl)cc(Cl)c1. The van der Waals surface area contributed by atoms with Gasteiger partial charge in [-0.15, -0.1) is 5.10 Å². The van der Waals surface area contributed by atoms with Crippen LogP contribution in [0, 0.1) is 6.92 Å². The first-order chi connectivity index (χ1) is 16.3. The van der Waals surface area contributed by atoms with Gasteiger partial charge in [-0.25, -0.2) is 9.48 Å². The predicted octanol–water partition coefficient (Wildman–Crippen LogP) is 5.48. The van der Waals surface area contributed by atoms with E-state index in [1.165, 1.54) is 0 Å². The zero-order valence-electron chi connectivity index (χ0n) is 18.1. The lowest BCUT2D eigenvalue weighted by atomic mass is 9.99. The van der Waals surface area contributed by atoms with Crippen molar-refractivity contribution in [3.8, 4) is 0 Å². The molecule has 0 radical (unpaired) electrons. The van der Waals surface area contributed by atoms with Gasteiger partial charge in [0.2, 0.25) is 0 Å². The van der Waals surface area contributed by atoms with Crippen molar-refractivity contribution in [1.29, 1.82) is 0 Å². The van der Waals surface area contributed by atoms with Gasteiger partial charge in [0, 0.05) is 15.7 Å². The first-order valence-electron chi connectivity index (χ1n) is 10.4.